The summed E-state index contributed by atoms with van der Waals surface area (Å²) in [6, 6.07) is 17.1. The predicted molar refractivity (Wildman–Crippen MR) is 95.6 cm³/mol. The lowest BCUT2D eigenvalue weighted by Crippen LogP contribution is -2.21. The van der Waals surface area contributed by atoms with E-state index in [0.29, 0.717) is 0 Å². The summed E-state index contributed by atoms with van der Waals surface area (Å²) >= 11 is 2.35. The highest BCUT2D eigenvalue weighted by atomic mass is 127. The number of aryl methyl sites for hydroxylation is 1. The van der Waals surface area contributed by atoms with Crippen LogP contribution < -0.4 is 5.32 Å². The van der Waals surface area contributed by atoms with Gasteiger partial charge in [0, 0.05) is 8.96 Å². The van der Waals surface area contributed by atoms with Crippen LogP contribution in [-0.2, 0) is 0 Å². The van der Waals surface area contributed by atoms with Crippen molar-refractivity contribution in [2.24, 2.45) is 0 Å². The molecule has 0 spiro atoms. The van der Waals surface area contributed by atoms with Gasteiger partial charge >= 0.3 is 0 Å². The van der Waals surface area contributed by atoms with Crippen molar-refractivity contribution in [1.29, 1.82) is 0 Å². The topological polar surface area (TPSA) is 25.2 Å². The van der Waals surface area contributed by atoms with Crippen LogP contribution >= 0.6 is 22.6 Å². The molecule has 1 aromatic heterocycles. The van der Waals surface area contributed by atoms with Gasteiger partial charge in [-0.2, -0.15) is 0 Å². The first-order valence-corrected chi connectivity index (χ1v) is 8.25. The molecule has 0 aliphatic heterocycles. The van der Waals surface area contributed by atoms with Crippen LogP contribution in [0.1, 0.15) is 29.9 Å². The van der Waals surface area contributed by atoms with Gasteiger partial charge in [0.1, 0.15) is 11.3 Å². The number of benzene rings is 2. The number of furan rings is 1. The highest BCUT2D eigenvalue weighted by Gasteiger charge is 2.18. The van der Waals surface area contributed by atoms with Gasteiger partial charge in [-0.05, 0) is 65.4 Å². The molecule has 1 atom stereocenters. The van der Waals surface area contributed by atoms with Gasteiger partial charge in [-0.1, -0.05) is 37.3 Å². The Balaban J connectivity index is 2.09. The van der Waals surface area contributed by atoms with E-state index in [0.717, 1.165) is 17.9 Å². The van der Waals surface area contributed by atoms with Crippen molar-refractivity contribution in [3.05, 3.63) is 69.0 Å². The van der Waals surface area contributed by atoms with Crippen LogP contribution in [0.25, 0.3) is 11.0 Å². The summed E-state index contributed by atoms with van der Waals surface area (Å²) in [6.45, 7) is 5.10. The third-order valence-corrected chi connectivity index (χ3v) is 4.31. The van der Waals surface area contributed by atoms with Crippen molar-refractivity contribution in [2.75, 3.05) is 6.54 Å². The summed E-state index contributed by atoms with van der Waals surface area (Å²) in [6.07, 6.45) is 0. The number of rotatable bonds is 4. The Kier molecular flexibility index (Phi) is 4.31. The van der Waals surface area contributed by atoms with E-state index in [1.807, 2.05) is 0 Å². The molecule has 3 rings (SSSR count). The van der Waals surface area contributed by atoms with Gasteiger partial charge in [0.05, 0.1) is 6.04 Å². The van der Waals surface area contributed by atoms with Gasteiger partial charge in [0.25, 0.3) is 0 Å². The lowest BCUT2D eigenvalue weighted by molar-refractivity contribution is 0.476. The maximum atomic E-state index is 6.14. The Morgan fingerprint density at radius 1 is 1.14 bits per heavy atom. The van der Waals surface area contributed by atoms with Crippen LogP contribution in [0.5, 0.6) is 0 Å². The second-order valence-electron chi connectivity index (χ2n) is 5.19. The SMILES string of the molecule is CCNC(c1cccc(I)c1)c1cc2cccc(C)c2o1. The Labute approximate surface area is 138 Å². The third-order valence-electron chi connectivity index (χ3n) is 3.63. The molecule has 0 radical (unpaired) electrons. The molecule has 0 fully saturated rings. The van der Waals surface area contributed by atoms with E-state index in [4.69, 9.17) is 4.42 Å². The Hall–Kier alpha value is -1.33. The van der Waals surface area contributed by atoms with Gasteiger partial charge in [-0.3, -0.25) is 0 Å². The summed E-state index contributed by atoms with van der Waals surface area (Å²) in [5.74, 6) is 0.975. The van der Waals surface area contributed by atoms with Crippen LogP contribution in [0.15, 0.2) is 52.9 Å². The predicted octanol–water partition coefficient (Wildman–Crippen LogP) is 5.04. The van der Waals surface area contributed by atoms with Crippen molar-refractivity contribution in [1.82, 2.24) is 5.32 Å². The van der Waals surface area contributed by atoms with E-state index in [1.165, 1.54) is 20.1 Å². The molecule has 2 aromatic carbocycles. The van der Waals surface area contributed by atoms with Gasteiger partial charge in [0.2, 0.25) is 0 Å². The summed E-state index contributed by atoms with van der Waals surface area (Å²) in [4.78, 5) is 0. The molecule has 2 nitrogen and oxygen atoms in total. The lowest BCUT2D eigenvalue weighted by atomic mass is 10.0. The maximum absolute atomic E-state index is 6.14. The summed E-state index contributed by atoms with van der Waals surface area (Å²) in [7, 11) is 0. The summed E-state index contributed by atoms with van der Waals surface area (Å²) in [5.41, 5.74) is 3.40. The van der Waals surface area contributed by atoms with Crippen LogP contribution in [0.3, 0.4) is 0 Å². The molecule has 1 N–H and O–H groups in total. The number of halogens is 1. The molecule has 3 aromatic rings. The fourth-order valence-electron chi connectivity index (χ4n) is 2.64. The average molecular weight is 391 g/mol. The number of hydrogen-bond acceptors (Lipinski definition) is 2. The Bertz CT molecular complexity index is 763. The fourth-order valence-corrected chi connectivity index (χ4v) is 3.21. The molecule has 1 unspecified atom stereocenters. The van der Waals surface area contributed by atoms with E-state index in [9.17, 15) is 0 Å². The van der Waals surface area contributed by atoms with E-state index in [1.54, 1.807) is 0 Å². The second-order valence-corrected chi connectivity index (χ2v) is 6.43. The minimum absolute atomic E-state index is 0.0940. The first kappa shape index (κ1) is 14.6. The average Bonchev–Trinajstić information content (AvgIpc) is 2.90. The fraction of sp³-hybridized carbons (Fsp3) is 0.222. The molecular weight excluding hydrogens is 373 g/mol. The zero-order valence-electron chi connectivity index (χ0n) is 12.2. The molecule has 0 aliphatic rings. The molecule has 0 saturated heterocycles. The highest BCUT2D eigenvalue weighted by molar-refractivity contribution is 14.1. The number of nitrogens with one attached hydrogen (secondary N) is 1. The Morgan fingerprint density at radius 2 is 1.95 bits per heavy atom. The summed E-state index contributed by atoms with van der Waals surface area (Å²) in [5, 5.41) is 4.69. The number of fused-ring (bicyclic) bond motifs is 1. The molecule has 3 heteroatoms. The molecule has 0 saturated carbocycles. The van der Waals surface area contributed by atoms with Gasteiger partial charge in [-0.25, -0.2) is 0 Å². The van der Waals surface area contributed by atoms with Gasteiger partial charge in [-0.15, -0.1) is 0 Å². The number of hydrogen-bond donors (Lipinski definition) is 1. The minimum Gasteiger partial charge on any atom is -0.459 e. The van der Waals surface area contributed by atoms with Gasteiger partial charge < -0.3 is 9.73 Å². The standard InChI is InChI=1S/C18H18INO/c1-3-20-17(13-7-5-9-15(19)10-13)16-11-14-8-4-6-12(2)18(14)21-16/h4-11,17,20H,3H2,1-2H3. The van der Waals surface area contributed by atoms with E-state index < -0.39 is 0 Å². The minimum atomic E-state index is 0.0940. The van der Waals surface area contributed by atoms with E-state index in [2.05, 4.69) is 90.3 Å². The molecule has 0 bridgehead atoms. The van der Waals surface area contributed by atoms with E-state index in [-0.39, 0.29) is 6.04 Å². The second kappa shape index (κ2) is 6.20. The van der Waals surface area contributed by atoms with Crippen molar-refractivity contribution >= 4 is 33.6 Å². The van der Waals surface area contributed by atoms with Crippen LogP contribution in [0.2, 0.25) is 0 Å². The zero-order chi connectivity index (χ0) is 14.8. The third kappa shape index (κ3) is 2.99. The van der Waals surface area contributed by atoms with Crippen molar-refractivity contribution in [3.8, 4) is 0 Å². The van der Waals surface area contributed by atoms with Crippen LogP contribution in [0.4, 0.5) is 0 Å². The molecule has 1 heterocycles. The summed E-state index contributed by atoms with van der Waals surface area (Å²) < 4.78 is 7.38. The maximum Gasteiger partial charge on any atom is 0.137 e. The molecule has 21 heavy (non-hydrogen) atoms. The molecular formula is C18H18INO. The van der Waals surface area contributed by atoms with Crippen molar-refractivity contribution in [3.63, 3.8) is 0 Å². The van der Waals surface area contributed by atoms with Crippen molar-refractivity contribution < 1.29 is 4.42 Å². The van der Waals surface area contributed by atoms with E-state index >= 15 is 0 Å². The van der Waals surface area contributed by atoms with Gasteiger partial charge in [0.15, 0.2) is 0 Å². The van der Waals surface area contributed by atoms with Crippen LogP contribution in [0, 0.1) is 10.5 Å². The first-order valence-electron chi connectivity index (χ1n) is 7.17. The lowest BCUT2D eigenvalue weighted by Gasteiger charge is -2.16. The quantitative estimate of drug-likeness (QED) is 0.630. The number of para-hydroxylation sites is 1. The monoisotopic (exact) mass is 391 g/mol. The smallest absolute Gasteiger partial charge is 0.137 e. The van der Waals surface area contributed by atoms with Crippen molar-refractivity contribution in [2.45, 2.75) is 19.9 Å². The first-order chi connectivity index (χ1) is 10.2. The highest BCUT2D eigenvalue weighted by Crippen LogP contribution is 2.30. The molecule has 108 valence electrons. The van der Waals surface area contributed by atoms with Crippen LogP contribution in [-0.4, -0.2) is 6.54 Å². The molecule has 0 aliphatic carbocycles. The molecule has 0 amide bonds. The zero-order valence-corrected chi connectivity index (χ0v) is 14.3. The normalized spacial score (nSPS) is 12.7. The Morgan fingerprint density at radius 3 is 2.67 bits per heavy atom. The largest absolute Gasteiger partial charge is 0.459 e.